The maximum atomic E-state index is 13.8. The number of rotatable bonds is 9. The highest BCUT2D eigenvalue weighted by atomic mass is 35.5. The zero-order chi connectivity index (χ0) is 23.8. The average Bonchev–Trinajstić information content (AvgIpc) is 2.85. The SMILES string of the molecule is CC[C@@H](C(=O)NC)N(Cc1ccc(Cl)c(Cl)c1)C(=O)CC(c1ccccc1)c1ccccc1. The van der Waals surface area contributed by atoms with Crippen molar-refractivity contribution in [2.45, 2.75) is 38.3 Å². The molecular formula is C27H28Cl2N2O2. The molecule has 1 atom stereocenters. The maximum absolute atomic E-state index is 13.8. The zero-order valence-electron chi connectivity index (χ0n) is 18.8. The van der Waals surface area contributed by atoms with Gasteiger partial charge in [0.1, 0.15) is 6.04 Å². The van der Waals surface area contributed by atoms with Crippen LogP contribution in [0.15, 0.2) is 78.9 Å². The topological polar surface area (TPSA) is 49.4 Å². The number of carbonyl (C=O) groups excluding carboxylic acids is 2. The second-order valence-electron chi connectivity index (χ2n) is 7.89. The van der Waals surface area contributed by atoms with Gasteiger partial charge in [0.05, 0.1) is 10.0 Å². The molecule has 0 aliphatic heterocycles. The van der Waals surface area contributed by atoms with Crippen molar-refractivity contribution in [1.82, 2.24) is 10.2 Å². The minimum absolute atomic E-state index is 0.103. The third-order valence-corrected chi connectivity index (χ3v) is 6.49. The van der Waals surface area contributed by atoms with E-state index < -0.39 is 6.04 Å². The molecule has 0 bridgehead atoms. The van der Waals surface area contributed by atoms with E-state index in [4.69, 9.17) is 23.2 Å². The van der Waals surface area contributed by atoms with Crippen LogP contribution in [0.3, 0.4) is 0 Å². The predicted octanol–water partition coefficient (Wildman–Crippen LogP) is 6.07. The van der Waals surface area contributed by atoms with Crippen LogP contribution in [-0.2, 0) is 16.1 Å². The van der Waals surface area contributed by atoms with Crippen LogP contribution < -0.4 is 5.32 Å². The van der Waals surface area contributed by atoms with Gasteiger partial charge in [0, 0.05) is 25.9 Å². The first-order valence-electron chi connectivity index (χ1n) is 11.0. The standard InChI is InChI=1S/C27H28Cl2N2O2/c1-3-25(27(33)30-2)31(18-19-14-15-23(28)24(29)16-19)26(32)17-22(20-10-6-4-7-11-20)21-12-8-5-9-13-21/h4-16,22,25H,3,17-18H2,1-2H3,(H,30,33)/t25-/m0/s1. The van der Waals surface area contributed by atoms with Gasteiger partial charge in [-0.25, -0.2) is 0 Å². The van der Waals surface area contributed by atoms with Crippen molar-refractivity contribution in [3.8, 4) is 0 Å². The van der Waals surface area contributed by atoms with E-state index in [2.05, 4.69) is 5.32 Å². The Morgan fingerprint density at radius 1 is 0.879 bits per heavy atom. The summed E-state index contributed by atoms with van der Waals surface area (Å²) in [6, 6.07) is 24.6. The number of likely N-dealkylation sites (N-methyl/N-ethyl adjacent to an activating group) is 1. The minimum atomic E-state index is -0.593. The van der Waals surface area contributed by atoms with Gasteiger partial charge in [-0.1, -0.05) is 96.9 Å². The van der Waals surface area contributed by atoms with Crippen molar-refractivity contribution in [2.75, 3.05) is 7.05 Å². The fourth-order valence-electron chi connectivity index (χ4n) is 4.01. The summed E-state index contributed by atoms with van der Waals surface area (Å²) in [5.74, 6) is -0.422. The minimum Gasteiger partial charge on any atom is -0.357 e. The van der Waals surface area contributed by atoms with Crippen molar-refractivity contribution >= 4 is 35.0 Å². The molecule has 0 radical (unpaired) electrons. The number of halogens is 2. The highest BCUT2D eigenvalue weighted by Crippen LogP contribution is 2.30. The van der Waals surface area contributed by atoms with E-state index >= 15 is 0 Å². The zero-order valence-corrected chi connectivity index (χ0v) is 20.3. The second-order valence-corrected chi connectivity index (χ2v) is 8.70. The molecule has 33 heavy (non-hydrogen) atoms. The summed E-state index contributed by atoms with van der Waals surface area (Å²) in [4.78, 5) is 28.1. The van der Waals surface area contributed by atoms with Crippen molar-refractivity contribution < 1.29 is 9.59 Å². The summed E-state index contributed by atoms with van der Waals surface area (Å²) in [6.07, 6.45) is 0.733. The lowest BCUT2D eigenvalue weighted by Gasteiger charge is -2.32. The van der Waals surface area contributed by atoms with Crippen LogP contribution in [-0.4, -0.2) is 29.8 Å². The quantitative estimate of drug-likeness (QED) is 0.402. The number of benzene rings is 3. The van der Waals surface area contributed by atoms with Gasteiger partial charge in [0.15, 0.2) is 0 Å². The van der Waals surface area contributed by atoms with Crippen LogP contribution in [0, 0.1) is 0 Å². The molecule has 3 rings (SSSR count). The van der Waals surface area contributed by atoms with Crippen LogP contribution in [0.25, 0.3) is 0 Å². The van der Waals surface area contributed by atoms with Gasteiger partial charge in [0.25, 0.3) is 0 Å². The van der Waals surface area contributed by atoms with Gasteiger partial charge in [0.2, 0.25) is 11.8 Å². The van der Waals surface area contributed by atoms with Gasteiger partial charge in [-0.3, -0.25) is 9.59 Å². The van der Waals surface area contributed by atoms with Gasteiger partial charge >= 0.3 is 0 Å². The van der Waals surface area contributed by atoms with Crippen LogP contribution in [0.4, 0.5) is 0 Å². The molecule has 0 unspecified atom stereocenters. The number of carbonyl (C=O) groups is 2. The molecule has 0 saturated heterocycles. The molecule has 1 N–H and O–H groups in total. The Morgan fingerprint density at radius 2 is 1.45 bits per heavy atom. The van der Waals surface area contributed by atoms with Crippen LogP contribution in [0.1, 0.15) is 42.4 Å². The van der Waals surface area contributed by atoms with Gasteiger partial charge in [-0.05, 0) is 35.2 Å². The van der Waals surface area contributed by atoms with Gasteiger partial charge in [-0.15, -0.1) is 0 Å². The molecule has 0 spiro atoms. The third kappa shape index (κ3) is 6.37. The fourth-order valence-corrected chi connectivity index (χ4v) is 4.33. The Labute approximate surface area is 205 Å². The van der Waals surface area contributed by atoms with E-state index in [9.17, 15) is 9.59 Å². The second kappa shape index (κ2) is 11.9. The number of hydrogen-bond acceptors (Lipinski definition) is 2. The molecule has 3 aromatic carbocycles. The van der Waals surface area contributed by atoms with E-state index in [1.807, 2.05) is 73.7 Å². The van der Waals surface area contributed by atoms with E-state index in [1.54, 1.807) is 24.1 Å². The first-order chi connectivity index (χ1) is 15.9. The lowest BCUT2D eigenvalue weighted by Crippen LogP contribution is -2.48. The number of hydrogen-bond donors (Lipinski definition) is 1. The monoisotopic (exact) mass is 482 g/mol. The maximum Gasteiger partial charge on any atom is 0.242 e. The average molecular weight is 483 g/mol. The van der Waals surface area contributed by atoms with Crippen LogP contribution in [0.2, 0.25) is 10.0 Å². The molecule has 6 heteroatoms. The van der Waals surface area contributed by atoms with E-state index in [0.717, 1.165) is 16.7 Å². The Bertz CT molecular complexity index is 1030. The Kier molecular flexibility index (Phi) is 8.93. The molecule has 0 aromatic heterocycles. The van der Waals surface area contributed by atoms with Crippen molar-refractivity contribution in [3.63, 3.8) is 0 Å². The molecule has 172 valence electrons. The van der Waals surface area contributed by atoms with Gasteiger partial charge in [-0.2, -0.15) is 0 Å². The molecule has 0 aliphatic carbocycles. The molecular weight excluding hydrogens is 455 g/mol. The van der Waals surface area contributed by atoms with Crippen molar-refractivity contribution in [2.24, 2.45) is 0 Å². The molecule has 0 saturated carbocycles. The number of nitrogens with one attached hydrogen (secondary N) is 1. The number of nitrogens with zero attached hydrogens (tertiary/aromatic N) is 1. The lowest BCUT2D eigenvalue weighted by atomic mass is 9.88. The van der Waals surface area contributed by atoms with E-state index in [0.29, 0.717) is 16.5 Å². The van der Waals surface area contributed by atoms with Gasteiger partial charge < -0.3 is 10.2 Å². The summed E-state index contributed by atoms with van der Waals surface area (Å²) in [5, 5.41) is 3.56. The summed E-state index contributed by atoms with van der Waals surface area (Å²) in [5.41, 5.74) is 2.93. The first kappa shape index (κ1) is 24.8. The Balaban J connectivity index is 1.96. The van der Waals surface area contributed by atoms with Crippen molar-refractivity contribution in [3.05, 3.63) is 106 Å². The largest absolute Gasteiger partial charge is 0.357 e. The third-order valence-electron chi connectivity index (χ3n) is 5.75. The fraction of sp³-hybridized carbons (Fsp3) is 0.259. The summed E-state index contributed by atoms with van der Waals surface area (Å²) < 4.78 is 0. The van der Waals surface area contributed by atoms with E-state index in [-0.39, 0.29) is 30.7 Å². The summed E-state index contributed by atoms with van der Waals surface area (Å²) in [7, 11) is 1.59. The highest BCUT2D eigenvalue weighted by Gasteiger charge is 2.30. The molecule has 3 aromatic rings. The molecule has 0 fully saturated rings. The van der Waals surface area contributed by atoms with Crippen LogP contribution >= 0.6 is 23.2 Å². The summed E-state index contributed by atoms with van der Waals surface area (Å²) >= 11 is 12.3. The number of amides is 2. The summed E-state index contributed by atoms with van der Waals surface area (Å²) in [6.45, 7) is 2.17. The lowest BCUT2D eigenvalue weighted by molar-refractivity contribution is -0.141. The Hall–Kier alpha value is -2.82. The molecule has 2 amide bonds. The van der Waals surface area contributed by atoms with Crippen LogP contribution in [0.5, 0.6) is 0 Å². The first-order valence-corrected chi connectivity index (χ1v) is 11.7. The Morgan fingerprint density at radius 3 is 1.94 bits per heavy atom. The predicted molar refractivity (Wildman–Crippen MR) is 135 cm³/mol. The molecule has 0 aliphatic rings. The molecule has 0 heterocycles. The van der Waals surface area contributed by atoms with Crippen molar-refractivity contribution in [1.29, 1.82) is 0 Å². The molecule has 4 nitrogen and oxygen atoms in total. The smallest absolute Gasteiger partial charge is 0.242 e. The normalized spacial score (nSPS) is 11.8. The van der Waals surface area contributed by atoms with E-state index in [1.165, 1.54) is 0 Å². The highest BCUT2D eigenvalue weighted by molar-refractivity contribution is 6.42.